The Labute approximate surface area is 86.6 Å². The second-order valence-electron chi connectivity index (χ2n) is 3.21. The minimum atomic E-state index is -0.374. The number of anilines is 2. The molecule has 4 N–H and O–H groups in total. The predicted molar refractivity (Wildman–Crippen MR) is 58.5 cm³/mol. The predicted octanol–water partition coefficient (Wildman–Crippen LogP) is 2.05. The summed E-state index contributed by atoms with van der Waals surface area (Å²) < 4.78 is 12.7. The van der Waals surface area contributed by atoms with Gasteiger partial charge in [-0.1, -0.05) is 0 Å². The maximum Gasteiger partial charge on any atom is 0.141 e. The topological polar surface area (TPSA) is 64.9 Å². The van der Waals surface area contributed by atoms with Crippen LogP contribution >= 0.6 is 0 Å². The van der Waals surface area contributed by atoms with Crippen molar-refractivity contribution >= 4 is 11.4 Å². The van der Waals surface area contributed by atoms with Crippen molar-refractivity contribution < 1.29 is 4.39 Å². The molecule has 0 amide bonds. The van der Waals surface area contributed by atoms with Gasteiger partial charge in [0.2, 0.25) is 0 Å². The van der Waals surface area contributed by atoms with E-state index >= 15 is 0 Å². The molecule has 0 atom stereocenters. The van der Waals surface area contributed by atoms with Gasteiger partial charge in [-0.05, 0) is 30.3 Å². The number of pyridine rings is 1. The van der Waals surface area contributed by atoms with Gasteiger partial charge >= 0.3 is 0 Å². The number of rotatable bonds is 1. The summed E-state index contributed by atoms with van der Waals surface area (Å²) in [5, 5.41) is 0. The lowest BCUT2D eigenvalue weighted by Crippen LogP contribution is -1.94. The summed E-state index contributed by atoms with van der Waals surface area (Å²) in [7, 11) is 0. The quantitative estimate of drug-likeness (QED) is 0.697. The molecule has 0 unspecified atom stereocenters. The summed E-state index contributed by atoms with van der Waals surface area (Å²) in [6.07, 6.45) is 1.15. The summed E-state index contributed by atoms with van der Waals surface area (Å²) in [4.78, 5) is 3.94. The molecule has 3 nitrogen and oxygen atoms in total. The van der Waals surface area contributed by atoms with Crippen molar-refractivity contribution in [1.29, 1.82) is 0 Å². The molecule has 0 spiro atoms. The lowest BCUT2D eigenvalue weighted by Gasteiger charge is -2.05. The van der Waals surface area contributed by atoms with E-state index < -0.39 is 0 Å². The molecule has 0 bridgehead atoms. The molecule has 0 saturated carbocycles. The highest BCUT2D eigenvalue weighted by molar-refractivity contribution is 5.76. The van der Waals surface area contributed by atoms with Crippen molar-refractivity contribution in [2.75, 3.05) is 11.5 Å². The molecule has 1 aromatic heterocycles. The Balaban J connectivity index is 2.53. The molecule has 1 heterocycles. The molecule has 76 valence electrons. The van der Waals surface area contributed by atoms with Gasteiger partial charge in [0.15, 0.2) is 0 Å². The van der Waals surface area contributed by atoms with Crippen LogP contribution in [0.15, 0.2) is 36.5 Å². The van der Waals surface area contributed by atoms with Crippen LogP contribution in [0.3, 0.4) is 0 Å². The van der Waals surface area contributed by atoms with Crippen LogP contribution in [0.4, 0.5) is 15.8 Å². The zero-order valence-electron chi connectivity index (χ0n) is 7.94. The summed E-state index contributed by atoms with van der Waals surface area (Å²) in [6.45, 7) is 0. The van der Waals surface area contributed by atoms with Crippen molar-refractivity contribution in [2.45, 2.75) is 0 Å². The van der Waals surface area contributed by atoms with E-state index in [0.29, 0.717) is 17.1 Å². The molecular formula is C11H10FN3. The molecule has 2 rings (SSSR count). The smallest absolute Gasteiger partial charge is 0.141 e. The molecule has 1 aromatic carbocycles. The maximum atomic E-state index is 12.7. The van der Waals surface area contributed by atoms with Crippen molar-refractivity contribution in [1.82, 2.24) is 4.98 Å². The second-order valence-corrected chi connectivity index (χ2v) is 3.21. The standard InChI is InChI=1S/C11H10FN3/c12-7-1-4-11(15-6-7)9-5-8(13)2-3-10(9)14/h1-6H,13-14H2. The highest BCUT2D eigenvalue weighted by atomic mass is 19.1. The number of nitrogen functional groups attached to an aromatic ring is 2. The Bertz CT molecular complexity index is 480. The first kappa shape index (κ1) is 9.45. The Morgan fingerprint density at radius 2 is 1.87 bits per heavy atom. The van der Waals surface area contributed by atoms with Gasteiger partial charge in [0.25, 0.3) is 0 Å². The van der Waals surface area contributed by atoms with Crippen LogP contribution in [0.2, 0.25) is 0 Å². The number of halogens is 1. The largest absolute Gasteiger partial charge is 0.399 e. The first-order valence-electron chi connectivity index (χ1n) is 4.44. The third-order valence-corrected chi connectivity index (χ3v) is 2.08. The minimum absolute atomic E-state index is 0.374. The Morgan fingerprint density at radius 1 is 1.07 bits per heavy atom. The number of nitrogens with zero attached hydrogens (tertiary/aromatic N) is 1. The average Bonchev–Trinajstić information content (AvgIpc) is 2.23. The van der Waals surface area contributed by atoms with E-state index in [1.807, 2.05) is 0 Å². The van der Waals surface area contributed by atoms with Crippen LogP contribution in [0, 0.1) is 5.82 Å². The highest BCUT2D eigenvalue weighted by Gasteiger charge is 2.04. The molecule has 2 aromatic rings. The summed E-state index contributed by atoms with van der Waals surface area (Å²) in [5.74, 6) is -0.374. The summed E-state index contributed by atoms with van der Waals surface area (Å²) in [5.41, 5.74) is 13.9. The lowest BCUT2D eigenvalue weighted by molar-refractivity contribution is 0.622. The molecule has 0 aliphatic rings. The number of aromatic nitrogens is 1. The zero-order valence-corrected chi connectivity index (χ0v) is 7.94. The van der Waals surface area contributed by atoms with Gasteiger partial charge in [0, 0.05) is 16.9 Å². The van der Waals surface area contributed by atoms with Crippen molar-refractivity contribution in [2.24, 2.45) is 0 Å². The molecule has 0 aliphatic carbocycles. The van der Waals surface area contributed by atoms with E-state index in [1.54, 1.807) is 24.3 Å². The number of hydrogen-bond donors (Lipinski definition) is 2. The highest BCUT2D eigenvalue weighted by Crippen LogP contribution is 2.25. The Morgan fingerprint density at radius 3 is 2.53 bits per heavy atom. The molecule has 0 saturated heterocycles. The van der Waals surface area contributed by atoms with Crippen molar-refractivity contribution in [3.63, 3.8) is 0 Å². The average molecular weight is 203 g/mol. The monoisotopic (exact) mass is 203 g/mol. The fourth-order valence-electron chi connectivity index (χ4n) is 1.33. The molecule has 15 heavy (non-hydrogen) atoms. The van der Waals surface area contributed by atoms with Crippen LogP contribution in [0.1, 0.15) is 0 Å². The van der Waals surface area contributed by atoms with Crippen LogP contribution in [0.5, 0.6) is 0 Å². The van der Waals surface area contributed by atoms with Gasteiger partial charge in [0.1, 0.15) is 5.82 Å². The number of benzene rings is 1. The van der Waals surface area contributed by atoms with Crippen LogP contribution in [-0.4, -0.2) is 4.98 Å². The van der Waals surface area contributed by atoms with E-state index in [9.17, 15) is 4.39 Å². The fraction of sp³-hybridized carbons (Fsp3) is 0. The van der Waals surface area contributed by atoms with Gasteiger partial charge in [0.05, 0.1) is 11.9 Å². The first-order chi connectivity index (χ1) is 7.16. The van der Waals surface area contributed by atoms with E-state index in [0.717, 1.165) is 11.8 Å². The Kier molecular flexibility index (Phi) is 2.25. The third-order valence-electron chi connectivity index (χ3n) is 2.08. The van der Waals surface area contributed by atoms with Crippen LogP contribution < -0.4 is 11.5 Å². The van der Waals surface area contributed by atoms with E-state index in [-0.39, 0.29) is 5.82 Å². The zero-order chi connectivity index (χ0) is 10.8. The van der Waals surface area contributed by atoms with Gasteiger partial charge in [-0.25, -0.2) is 4.39 Å². The first-order valence-corrected chi connectivity index (χ1v) is 4.44. The second kappa shape index (κ2) is 3.57. The van der Waals surface area contributed by atoms with Gasteiger partial charge in [-0.15, -0.1) is 0 Å². The van der Waals surface area contributed by atoms with Gasteiger partial charge in [-0.2, -0.15) is 0 Å². The van der Waals surface area contributed by atoms with Crippen molar-refractivity contribution in [3.8, 4) is 11.3 Å². The molecule has 0 fully saturated rings. The maximum absolute atomic E-state index is 12.7. The number of hydrogen-bond acceptors (Lipinski definition) is 3. The normalized spacial score (nSPS) is 10.2. The lowest BCUT2D eigenvalue weighted by atomic mass is 10.1. The van der Waals surface area contributed by atoms with E-state index in [2.05, 4.69) is 4.98 Å². The SMILES string of the molecule is Nc1ccc(N)c(-c2ccc(F)cn2)c1. The van der Waals surface area contributed by atoms with Gasteiger partial charge < -0.3 is 11.5 Å². The van der Waals surface area contributed by atoms with E-state index in [4.69, 9.17) is 11.5 Å². The summed E-state index contributed by atoms with van der Waals surface area (Å²) >= 11 is 0. The fourth-order valence-corrected chi connectivity index (χ4v) is 1.33. The van der Waals surface area contributed by atoms with E-state index in [1.165, 1.54) is 6.07 Å². The van der Waals surface area contributed by atoms with Gasteiger partial charge in [-0.3, -0.25) is 4.98 Å². The third kappa shape index (κ3) is 1.88. The molecule has 0 radical (unpaired) electrons. The molecule has 0 aliphatic heterocycles. The molecular weight excluding hydrogens is 193 g/mol. The molecule has 4 heteroatoms. The Hall–Kier alpha value is -2.10. The number of nitrogens with two attached hydrogens (primary N) is 2. The minimum Gasteiger partial charge on any atom is -0.399 e. The van der Waals surface area contributed by atoms with Crippen LogP contribution in [-0.2, 0) is 0 Å². The van der Waals surface area contributed by atoms with Crippen molar-refractivity contribution in [3.05, 3.63) is 42.3 Å². The summed E-state index contributed by atoms with van der Waals surface area (Å²) in [6, 6.07) is 8.04. The van der Waals surface area contributed by atoms with Crippen LogP contribution in [0.25, 0.3) is 11.3 Å².